The Morgan fingerprint density at radius 1 is 1.25 bits per heavy atom. The van der Waals surface area contributed by atoms with E-state index >= 15 is 0 Å². The van der Waals surface area contributed by atoms with Crippen LogP contribution in [-0.4, -0.2) is 41.3 Å². The van der Waals surface area contributed by atoms with Crippen molar-refractivity contribution in [3.05, 3.63) is 23.8 Å². The van der Waals surface area contributed by atoms with Gasteiger partial charge in [0.05, 0.1) is 6.10 Å². The van der Waals surface area contributed by atoms with E-state index in [0.717, 1.165) is 5.57 Å². The minimum atomic E-state index is -4.63. The molecule has 6 heteroatoms. The highest BCUT2D eigenvalue weighted by Gasteiger charge is 2.52. The maximum atomic E-state index is 13.2. The van der Waals surface area contributed by atoms with Crippen LogP contribution in [-0.2, 0) is 4.74 Å². The van der Waals surface area contributed by atoms with Gasteiger partial charge in [-0.1, -0.05) is 30.7 Å². The molecule has 0 aliphatic heterocycles. The highest BCUT2D eigenvalue weighted by atomic mass is 19.4. The van der Waals surface area contributed by atoms with Crippen molar-refractivity contribution < 1.29 is 28.1 Å². The Hall–Kier alpha value is -0.850. The number of allylic oxidation sites excluding steroid dienone is 2. The molecular formula is C18H29F3O3. The molecule has 0 fully saturated rings. The van der Waals surface area contributed by atoms with E-state index in [9.17, 15) is 23.4 Å². The maximum Gasteiger partial charge on any atom is 0.417 e. The van der Waals surface area contributed by atoms with Crippen LogP contribution in [0.4, 0.5) is 13.2 Å². The van der Waals surface area contributed by atoms with E-state index in [2.05, 4.69) is 0 Å². The lowest BCUT2D eigenvalue weighted by molar-refractivity contribution is -0.265. The van der Waals surface area contributed by atoms with E-state index in [1.807, 2.05) is 6.08 Å². The molecule has 140 valence electrons. The zero-order chi connectivity index (χ0) is 18.4. The van der Waals surface area contributed by atoms with E-state index in [4.69, 9.17) is 4.74 Å². The van der Waals surface area contributed by atoms with Gasteiger partial charge in [0.1, 0.15) is 6.10 Å². The average molecular weight is 350 g/mol. The first-order valence-corrected chi connectivity index (χ1v) is 8.44. The van der Waals surface area contributed by atoms with Gasteiger partial charge < -0.3 is 14.9 Å². The molecule has 2 N–H and O–H groups in total. The molecule has 0 radical (unpaired) electrons. The lowest BCUT2D eigenvalue weighted by atomic mass is 9.87. The van der Waals surface area contributed by atoms with Gasteiger partial charge in [-0.3, -0.25) is 0 Å². The quantitative estimate of drug-likeness (QED) is 0.699. The molecule has 0 saturated carbocycles. The van der Waals surface area contributed by atoms with Crippen LogP contribution in [0.1, 0.15) is 52.4 Å². The van der Waals surface area contributed by atoms with Crippen LogP contribution in [0.15, 0.2) is 23.8 Å². The molecule has 0 heterocycles. The first-order valence-electron chi connectivity index (χ1n) is 8.44. The number of alkyl halides is 3. The number of aliphatic hydroxyl groups is 2. The zero-order valence-electron chi connectivity index (χ0n) is 14.6. The summed E-state index contributed by atoms with van der Waals surface area (Å²) in [6.07, 6.45) is 0.402. The van der Waals surface area contributed by atoms with Gasteiger partial charge in [-0.2, -0.15) is 13.2 Å². The summed E-state index contributed by atoms with van der Waals surface area (Å²) >= 11 is 0. The second-order valence-corrected chi connectivity index (χ2v) is 6.77. The van der Waals surface area contributed by atoms with E-state index in [1.165, 1.54) is 7.11 Å². The van der Waals surface area contributed by atoms with Crippen molar-refractivity contribution >= 4 is 0 Å². The topological polar surface area (TPSA) is 49.7 Å². The Kier molecular flexibility index (Phi) is 7.96. The van der Waals surface area contributed by atoms with Crippen LogP contribution in [0, 0.1) is 5.92 Å². The van der Waals surface area contributed by atoms with Gasteiger partial charge in [-0.15, -0.1) is 0 Å². The lowest BCUT2D eigenvalue weighted by Crippen LogP contribution is -2.45. The molecule has 0 aromatic carbocycles. The molecular weight excluding hydrogens is 321 g/mol. The van der Waals surface area contributed by atoms with Crippen LogP contribution in [0.3, 0.4) is 0 Å². The number of hydrogen-bond acceptors (Lipinski definition) is 3. The maximum absolute atomic E-state index is 13.2. The summed E-state index contributed by atoms with van der Waals surface area (Å²) in [7, 11) is 1.52. The van der Waals surface area contributed by atoms with Crippen LogP contribution in [0.25, 0.3) is 0 Å². The lowest BCUT2D eigenvalue weighted by Gasteiger charge is -2.31. The summed E-state index contributed by atoms with van der Waals surface area (Å²) in [6.45, 7) is 3.53. The average Bonchev–Trinajstić information content (AvgIpc) is 2.49. The Morgan fingerprint density at radius 2 is 1.92 bits per heavy atom. The van der Waals surface area contributed by atoms with Crippen molar-refractivity contribution in [1.29, 1.82) is 0 Å². The summed E-state index contributed by atoms with van der Waals surface area (Å²) in [5.74, 6) is -0.262. The number of rotatable bonds is 1. The second kappa shape index (κ2) is 9.02. The van der Waals surface area contributed by atoms with Gasteiger partial charge in [0.15, 0.2) is 5.60 Å². The molecule has 4 atom stereocenters. The molecule has 0 bridgehead atoms. The van der Waals surface area contributed by atoms with Crippen LogP contribution < -0.4 is 0 Å². The fourth-order valence-corrected chi connectivity index (χ4v) is 2.98. The smallest absolute Gasteiger partial charge is 0.389 e. The summed E-state index contributed by atoms with van der Waals surface area (Å²) in [4.78, 5) is 0. The van der Waals surface area contributed by atoms with E-state index < -0.39 is 24.0 Å². The zero-order valence-corrected chi connectivity index (χ0v) is 14.6. The predicted octanol–water partition coefficient (Wildman–Crippen LogP) is 4.15. The normalized spacial score (nSPS) is 38.0. The fraction of sp³-hybridized carbons (Fsp3) is 0.778. The summed E-state index contributed by atoms with van der Waals surface area (Å²) in [6, 6.07) is 0. The van der Waals surface area contributed by atoms with Gasteiger partial charge in [0.25, 0.3) is 0 Å². The third kappa shape index (κ3) is 5.90. The van der Waals surface area contributed by atoms with Gasteiger partial charge in [0, 0.05) is 13.0 Å². The van der Waals surface area contributed by atoms with Gasteiger partial charge >= 0.3 is 6.18 Å². The summed E-state index contributed by atoms with van der Waals surface area (Å²) < 4.78 is 45.0. The highest BCUT2D eigenvalue weighted by molar-refractivity contribution is 5.07. The van der Waals surface area contributed by atoms with Crippen molar-refractivity contribution in [2.45, 2.75) is 76.4 Å². The second-order valence-electron chi connectivity index (χ2n) is 6.77. The van der Waals surface area contributed by atoms with Crippen LogP contribution >= 0.6 is 0 Å². The first kappa shape index (κ1) is 21.2. The molecule has 0 amide bonds. The van der Waals surface area contributed by atoms with Crippen molar-refractivity contribution in [3.8, 4) is 0 Å². The number of aliphatic hydroxyl groups excluding tert-OH is 1. The Balaban J connectivity index is 2.98. The van der Waals surface area contributed by atoms with Crippen LogP contribution in [0.5, 0.6) is 0 Å². The molecule has 2 unspecified atom stereocenters. The molecule has 1 aliphatic rings. The standard InChI is InChI=1S/C18H29F3O3/c1-13-9-11-17(23,18(19,20)21)10-7-5-4-6-8-15(24-3)16(22)14(2)12-13/h6,8,12,14-16,22-23H,4-5,7,9-11H2,1-3H3/b8-6+,13-12-/t14-,15+,16?,17?/m1/s1. The molecule has 1 aliphatic carbocycles. The molecule has 0 aromatic heterocycles. The number of hydrogen-bond donors (Lipinski definition) is 2. The van der Waals surface area contributed by atoms with Crippen molar-refractivity contribution in [1.82, 2.24) is 0 Å². The number of ether oxygens (including phenoxy) is 1. The van der Waals surface area contributed by atoms with Gasteiger partial charge in [-0.25, -0.2) is 0 Å². The molecule has 3 nitrogen and oxygen atoms in total. The highest BCUT2D eigenvalue weighted by Crippen LogP contribution is 2.39. The molecule has 0 saturated heterocycles. The Morgan fingerprint density at radius 3 is 2.50 bits per heavy atom. The molecule has 1 rings (SSSR count). The van der Waals surface area contributed by atoms with Crippen molar-refractivity contribution in [3.63, 3.8) is 0 Å². The first-order chi connectivity index (χ1) is 11.1. The van der Waals surface area contributed by atoms with Gasteiger partial charge in [0.2, 0.25) is 0 Å². The Labute approximate surface area is 142 Å². The summed E-state index contributed by atoms with van der Waals surface area (Å²) in [5, 5.41) is 20.4. The molecule has 0 aromatic rings. The van der Waals surface area contributed by atoms with Crippen LogP contribution in [0.2, 0.25) is 0 Å². The van der Waals surface area contributed by atoms with Crippen molar-refractivity contribution in [2.75, 3.05) is 7.11 Å². The number of methoxy groups -OCH3 is 1. The minimum absolute atomic E-state index is 0.139. The fourth-order valence-electron chi connectivity index (χ4n) is 2.98. The molecule has 24 heavy (non-hydrogen) atoms. The van der Waals surface area contributed by atoms with E-state index in [1.54, 1.807) is 26.0 Å². The largest absolute Gasteiger partial charge is 0.417 e. The number of halogens is 3. The van der Waals surface area contributed by atoms with E-state index in [0.29, 0.717) is 19.3 Å². The monoisotopic (exact) mass is 350 g/mol. The SMILES string of the molecule is CO[C@H]1/C=C/CCCCC(O)(C(F)(F)F)CC/C(C)=C\[C@@H](C)C1O. The van der Waals surface area contributed by atoms with Gasteiger partial charge in [-0.05, 0) is 45.4 Å². The van der Waals surface area contributed by atoms with Crippen molar-refractivity contribution in [2.24, 2.45) is 5.92 Å². The predicted molar refractivity (Wildman–Crippen MR) is 87.6 cm³/mol. The minimum Gasteiger partial charge on any atom is -0.389 e. The molecule has 0 spiro atoms. The third-order valence-electron chi connectivity index (χ3n) is 4.69. The third-order valence-corrected chi connectivity index (χ3v) is 4.69. The van der Waals surface area contributed by atoms with E-state index in [-0.39, 0.29) is 25.2 Å². The summed E-state index contributed by atoms with van der Waals surface area (Å²) in [5.41, 5.74) is -1.92. The Bertz CT molecular complexity index is 445.